The van der Waals surface area contributed by atoms with Crippen LogP contribution in [0.15, 0.2) is 29.2 Å². The van der Waals surface area contributed by atoms with E-state index in [1.54, 1.807) is 19.2 Å². The van der Waals surface area contributed by atoms with E-state index in [2.05, 4.69) is 0 Å². The molecular weight excluding hydrogens is 350 g/mol. The van der Waals surface area contributed by atoms with Crippen molar-refractivity contribution in [2.24, 2.45) is 0 Å². The number of hydrogen-bond acceptors (Lipinski definition) is 6. The molecule has 1 fully saturated rings. The first-order valence-corrected chi connectivity index (χ1v) is 10.6. The Bertz CT molecular complexity index is 732. The van der Waals surface area contributed by atoms with Crippen molar-refractivity contribution in [1.82, 2.24) is 4.90 Å². The average Bonchev–Trinajstić information content (AvgIpc) is 2.93. The molecule has 132 valence electrons. The number of ether oxygens (including phenoxy) is 1. The molecule has 1 aliphatic rings. The first kappa shape index (κ1) is 18.8. The number of thioether (sulfide) groups is 1. The highest BCUT2D eigenvalue weighted by molar-refractivity contribution is 7.98. The number of likely N-dealkylation sites (N-methyl/N-ethyl adjacent to an activating group) is 1. The molecule has 1 aliphatic heterocycles. The number of rotatable bonds is 5. The highest BCUT2D eigenvalue weighted by Crippen LogP contribution is 2.22. The number of esters is 1. The Morgan fingerprint density at radius 2 is 2.00 bits per heavy atom. The molecule has 0 spiro atoms. The molecule has 1 aromatic rings. The van der Waals surface area contributed by atoms with Crippen molar-refractivity contribution in [2.75, 3.05) is 24.8 Å². The summed E-state index contributed by atoms with van der Waals surface area (Å²) < 4.78 is 28.4. The van der Waals surface area contributed by atoms with Gasteiger partial charge in [0.05, 0.1) is 17.1 Å². The van der Waals surface area contributed by atoms with Crippen LogP contribution in [0.4, 0.5) is 0 Å². The Balaban J connectivity index is 2.02. The van der Waals surface area contributed by atoms with Gasteiger partial charge in [0.1, 0.15) is 0 Å². The fourth-order valence-electron chi connectivity index (χ4n) is 2.64. The van der Waals surface area contributed by atoms with Gasteiger partial charge in [-0.15, -0.1) is 11.8 Å². The average molecular weight is 371 g/mol. The Kier molecular flexibility index (Phi) is 5.92. The molecule has 24 heavy (non-hydrogen) atoms. The predicted molar refractivity (Wildman–Crippen MR) is 92.9 cm³/mol. The van der Waals surface area contributed by atoms with E-state index in [-0.39, 0.29) is 17.5 Å². The van der Waals surface area contributed by atoms with Gasteiger partial charge in [0, 0.05) is 18.0 Å². The van der Waals surface area contributed by atoms with Gasteiger partial charge >= 0.3 is 5.97 Å². The van der Waals surface area contributed by atoms with Gasteiger partial charge in [0.25, 0.3) is 5.91 Å². The number of sulfone groups is 1. The van der Waals surface area contributed by atoms with Crippen LogP contribution in [0.5, 0.6) is 0 Å². The standard InChI is InChI=1S/C16H21NO5S2/c1-11(15(18)17(2)12-8-9-24(20,21)10-12)22-16(19)13-6-4-5-7-14(13)23-3/h4-7,11-12H,8-10H2,1-3H3/t11-,12+/m1/s1. The lowest BCUT2D eigenvalue weighted by atomic mass is 10.2. The third kappa shape index (κ3) is 4.30. The molecule has 0 radical (unpaired) electrons. The SMILES string of the molecule is CSc1ccccc1C(=O)O[C@H](C)C(=O)N(C)[C@H]1CCS(=O)(=O)C1. The fourth-order valence-corrected chi connectivity index (χ4v) is 5.00. The van der Waals surface area contributed by atoms with Gasteiger partial charge in [-0.05, 0) is 31.7 Å². The molecule has 0 aromatic heterocycles. The summed E-state index contributed by atoms with van der Waals surface area (Å²) in [4.78, 5) is 26.8. The van der Waals surface area contributed by atoms with Crippen molar-refractivity contribution in [3.63, 3.8) is 0 Å². The minimum Gasteiger partial charge on any atom is -0.449 e. The number of benzene rings is 1. The molecule has 1 aromatic carbocycles. The molecular formula is C16H21NO5S2. The Morgan fingerprint density at radius 1 is 1.33 bits per heavy atom. The molecule has 8 heteroatoms. The van der Waals surface area contributed by atoms with Crippen LogP contribution >= 0.6 is 11.8 Å². The minimum absolute atomic E-state index is 0.0365. The molecule has 1 amide bonds. The van der Waals surface area contributed by atoms with Gasteiger partial charge in [0.2, 0.25) is 0 Å². The van der Waals surface area contributed by atoms with Crippen molar-refractivity contribution < 1.29 is 22.7 Å². The van der Waals surface area contributed by atoms with Crippen LogP contribution < -0.4 is 0 Å². The smallest absolute Gasteiger partial charge is 0.340 e. The third-order valence-corrected chi connectivity index (χ3v) is 6.61. The van der Waals surface area contributed by atoms with Gasteiger partial charge in [-0.25, -0.2) is 13.2 Å². The molecule has 2 rings (SSSR count). The molecule has 2 atom stereocenters. The van der Waals surface area contributed by atoms with Crippen LogP contribution in [-0.4, -0.2) is 62.1 Å². The lowest BCUT2D eigenvalue weighted by Crippen LogP contribution is -2.44. The van der Waals surface area contributed by atoms with Gasteiger partial charge in [-0.3, -0.25) is 4.79 Å². The third-order valence-electron chi connectivity index (χ3n) is 4.06. The summed E-state index contributed by atoms with van der Waals surface area (Å²) in [6.45, 7) is 1.50. The lowest BCUT2D eigenvalue weighted by Gasteiger charge is -2.26. The largest absolute Gasteiger partial charge is 0.449 e. The number of amides is 1. The van der Waals surface area contributed by atoms with E-state index in [0.717, 1.165) is 4.90 Å². The Morgan fingerprint density at radius 3 is 2.58 bits per heavy atom. The van der Waals surface area contributed by atoms with Crippen molar-refractivity contribution in [2.45, 2.75) is 30.4 Å². The molecule has 1 saturated heterocycles. The van der Waals surface area contributed by atoms with E-state index in [1.807, 2.05) is 18.4 Å². The van der Waals surface area contributed by atoms with Crippen LogP contribution in [0.1, 0.15) is 23.7 Å². The van der Waals surface area contributed by atoms with Crippen LogP contribution in [0, 0.1) is 0 Å². The molecule has 1 heterocycles. The fraction of sp³-hybridized carbons (Fsp3) is 0.500. The van der Waals surface area contributed by atoms with E-state index in [0.29, 0.717) is 12.0 Å². The van der Waals surface area contributed by atoms with Crippen LogP contribution in [-0.2, 0) is 19.4 Å². The van der Waals surface area contributed by atoms with Gasteiger partial charge in [-0.2, -0.15) is 0 Å². The maximum absolute atomic E-state index is 12.4. The molecule has 0 bridgehead atoms. The van der Waals surface area contributed by atoms with Crippen molar-refractivity contribution in [3.05, 3.63) is 29.8 Å². The summed E-state index contributed by atoms with van der Waals surface area (Å²) in [6, 6.07) is 6.66. The number of carbonyl (C=O) groups is 2. The molecule has 0 saturated carbocycles. The zero-order valence-corrected chi connectivity index (χ0v) is 15.5. The van der Waals surface area contributed by atoms with Crippen molar-refractivity contribution in [3.8, 4) is 0 Å². The number of hydrogen-bond donors (Lipinski definition) is 0. The van der Waals surface area contributed by atoms with E-state index < -0.39 is 27.8 Å². The second-order valence-corrected chi connectivity index (χ2v) is 8.83. The summed E-state index contributed by atoms with van der Waals surface area (Å²) in [5.41, 5.74) is 0.413. The summed E-state index contributed by atoms with van der Waals surface area (Å²) >= 11 is 1.42. The highest BCUT2D eigenvalue weighted by atomic mass is 32.2. The van der Waals surface area contributed by atoms with Gasteiger partial charge < -0.3 is 9.64 Å². The van der Waals surface area contributed by atoms with Crippen molar-refractivity contribution in [1.29, 1.82) is 0 Å². The Hall–Kier alpha value is -1.54. The van der Waals surface area contributed by atoms with Gasteiger partial charge in [0.15, 0.2) is 15.9 Å². The van der Waals surface area contributed by atoms with Crippen LogP contribution in [0.25, 0.3) is 0 Å². The van der Waals surface area contributed by atoms with Gasteiger partial charge in [-0.1, -0.05) is 12.1 Å². The number of carbonyl (C=O) groups excluding carboxylic acids is 2. The van der Waals surface area contributed by atoms with Crippen LogP contribution in [0.3, 0.4) is 0 Å². The van der Waals surface area contributed by atoms with Crippen LogP contribution in [0.2, 0.25) is 0 Å². The zero-order chi connectivity index (χ0) is 17.9. The van der Waals surface area contributed by atoms with E-state index in [1.165, 1.54) is 23.6 Å². The predicted octanol–water partition coefficient (Wildman–Crippen LogP) is 1.60. The summed E-state index contributed by atoms with van der Waals surface area (Å²) in [5, 5.41) is 0. The Labute approximate surface area is 146 Å². The zero-order valence-electron chi connectivity index (χ0n) is 13.9. The summed E-state index contributed by atoms with van der Waals surface area (Å²) in [7, 11) is -1.53. The second-order valence-electron chi connectivity index (χ2n) is 5.75. The maximum Gasteiger partial charge on any atom is 0.340 e. The summed E-state index contributed by atoms with van der Waals surface area (Å²) in [5.74, 6) is -0.907. The first-order valence-electron chi connectivity index (χ1n) is 7.56. The molecule has 0 N–H and O–H groups in total. The van der Waals surface area contributed by atoms with Crippen molar-refractivity contribution >= 4 is 33.5 Å². The molecule has 6 nitrogen and oxygen atoms in total. The molecule has 0 aliphatic carbocycles. The lowest BCUT2D eigenvalue weighted by molar-refractivity contribution is -0.140. The monoisotopic (exact) mass is 371 g/mol. The quantitative estimate of drug-likeness (QED) is 0.578. The second kappa shape index (κ2) is 7.57. The number of nitrogens with zero attached hydrogens (tertiary/aromatic N) is 1. The van der Waals surface area contributed by atoms with E-state index in [9.17, 15) is 18.0 Å². The van der Waals surface area contributed by atoms with E-state index in [4.69, 9.17) is 4.74 Å². The maximum atomic E-state index is 12.4. The summed E-state index contributed by atoms with van der Waals surface area (Å²) in [6.07, 6.45) is 1.30. The minimum atomic E-state index is -3.08. The topological polar surface area (TPSA) is 80.8 Å². The first-order chi connectivity index (χ1) is 11.2. The molecule has 0 unspecified atom stereocenters. The normalized spacial score (nSPS) is 20.4. The van der Waals surface area contributed by atoms with E-state index >= 15 is 0 Å². The highest BCUT2D eigenvalue weighted by Gasteiger charge is 2.35.